The van der Waals surface area contributed by atoms with Crippen LogP contribution < -0.4 is 19.4 Å². The Morgan fingerprint density at radius 1 is 0.929 bits per heavy atom. The summed E-state index contributed by atoms with van der Waals surface area (Å²) in [6, 6.07) is 17.7. The van der Waals surface area contributed by atoms with Gasteiger partial charge < -0.3 is 24.0 Å². The minimum atomic E-state index is -0.460. The number of rotatable bonds is 8. The predicted octanol–water partition coefficient (Wildman–Crippen LogP) is 4.94. The van der Waals surface area contributed by atoms with Gasteiger partial charge in [-0.05, 0) is 71.2 Å². The van der Waals surface area contributed by atoms with Gasteiger partial charge in [0.1, 0.15) is 5.82 Å². The van der Waals surface area contributed by atoms with Crippen LogP contribution in [0.1, 0.15) is 5.56 Å². The van der Waals surface area contributed by atoms with Crippen LogP contribution in [0.3, 0.4) is 0 Å². The zero-order valence-corrected chi connectivity index (χ0v) is 24.5. The van der Waals surface area contributed by atoms with Crippen LogP contribution in [0.25, 0.3) is 0 Å². The minimum Gasteiger partial charge on any atom is -0.399 e. The van der Waals surface area contributed by atoms with Gasteiger partial charge >= 0.3 is 6.09 Å². The number of likely N-dealkylation sites (tertiary alicyclic amines) is 1. The lowest BCUT2D eigenvalue weighted by molar-refractivity contribution is 0.122. The standard InChI is InChI=1S/C32H37FN4O4S/c33-29-18-25(7-8-30(29)36-11-15-40-16-12-36)37(32(38)41-31-2-1-17-42-31)22-28-26-20-34(21-27(26)28)19-23-3-5-24(6-4-23)35-9-13-39-14-10-35/h1-8,17-18,26-28H,9-16,19-22H2. The summed E-state index contributed by atoms with van der Waals surface area (Å²) in [4.78, 5) is 21.9. The van der Waals surface area contributed by atoms with Crippen molar-refractivity contribution in [1.29, 1.82) is 0 Å². The lowest BCUT2D eigenvalue weighted by atomic mass is 10.1. The highest BCUT2D eigenvalue weighted by atomic mass is 32.1. The summed E-state index contributed by atoms with van der Waals surface area (Å²) < 4.78 is 31.9. The maximum absolute atomic E-state index is 15.3. The molecule has 2 aromatic carbocycles. The molecule has 222 valence electrons. The molecule has 4 aliphatic rings. The van der Waals surface area contributed by atoms with E-state index in [9.17, 15) is 4.79 Å². The third-order valence-corrected chi connectivity index (χ3v) is 9.80. The van der Waals surface area contributed by atoms with Crippen molar-refractivity contribution in [3.63, 3.8) is 0 Å². The molecule has 0 N–H and O–H groups in total. The Kier molecular flexibility index (Phi) is 8.03. The molecule has 1 aromatic heterocycles. The highest BCUT2D eigenvalue weighted by molar-refractivity contribution is 7.11. The van der Waals surface area contributed by atoms with Gasteiger partial charge in [0.25, 0.3) is 0 Å². The monoisotopic (exact) mass is 592 g/mol. The summed E-state index contributed by atoms with van der Waals surface area (Å²) in [6.45, 7) is 9.42. The summed E-state index contributed by atoms with van der Waals surface area (Å²) in [7, 11) is 0. The second-order valence-corrected chi connectivity index (χ2v) is 12.5. The maximum Gasteiger partial charge on any atom is 0.420 e. The molecule has 2 atom stereocenters. The fourth-order valence-electron chi connectivity index (χ4n) is 6.71. The Morgan fingerprint density at radius 2 is 1.62 bits per heavy atom. The highest BCUT2D eigenvalue weighted by Crippen LogP contribution is 2.52. The van der Waals surface area contributed by atoms with Gasteiger partial charge in [0.05, 0.1) is 37.8 Å². The molecule has 3 saturated heterocycles. The van der Waals surface area contributed by atoms with Crippen molar-refractivity contribution in [3.05, 3.63) is 71.4 Å². The molecule has 4 fully saturated rings. The van der Waals surface area contributed by atoms with E-state index in [1.54, 1.807) is 17.0 Å². The van der Waals surface area contributed by atoms with Gasteiger partial charge in [-0.15, -0.1) is 11.3 Å². The van der Waals surface area contributed by atoms with E-state index < -0.39 is 6.09 Å². The average molecular weight is 593 g/mol. The van der Waals surface area contributed by atoms with Gasteiger partial charge in [0.2, 0.25) is 0 Å². The molecule has 3 aliphatic heterocycles. The van der Waals surface area contributed by atoms with Crippen LogP contribution in [0.2, 0.25) is 0 Å². The fraction of sp³-hybridized carbons (Fsp3) is 0.469. The number of anilines is 3. The summed E-state index contributed by atoms with van der Waals surface area (Å²) >= 11 is 1.37. The van der Waals surface area contributed by atoms with E-state index in [1.165, 1.54) is 28.7 Å². The van der Waals surface area contributed by atoms with Crippen molar-refractivity contribution in [2.45, 2.75) is 6.54 Å². The van der Waals surface area contributed by atoms with Crippen molar-refractivity contribution < 1.29 is 23.4 Å². The van der Waals surface area contributed by atoms with Gasteiger partial charge in [-0.2, -0.15) is 0 Å². The number of fused-ring (bicyclic) bond motifs is 1. The van der Waals surface area contributed by atoms with E-state index in [4.69, 9.17) is 14.2 Å². The van der Waals surface area contributed by atoms with Crippen molar-refractivity contribution in [3.8, 4) is 5.06 Å². The van der Waals surface area contributed by atoms with Crippen molar-refractivity contribution >= 4 is 34.5 Å². The number of nitrogens with zero attached hydrogens (tertiary/aromatic N) is 4. The van der Waals surface area contributed by atoms with E-state index >= 15 is 4.39 Å². The molecular weight excluding hydrogens is 555 g/mol. The Hall–Kier alpha value is -3.18. The number of morpholine rings is 2. The molecule has 1 amide bonds. The molecule has 8 nitrogen and oxygen atoms in total. The van der Waals surface area contributed by atoms with Gasteiger partial charge in [-0.1, -0.05) is 12.1 Å². The number of amides is 1. The minimum absolute atomic E-state index is 0.329. The molecule has 0 bridgehead atoms. The maximum atomic E-state index is 15.3. The van der Waals surface area contributed by atoms with E-state index in [2.05, 4.69) is 34.1 Å². The number of carbonyl (C=O) groups excluding carboxylic acids is 1. The quantitative estimate of drug-likeness (QED) is 0.367. The first kappa shape index (κ1) is 27.6. The molecule has 4 heterocycles. The number of halogens is 1. The Labute approximate surface area is 250 Å². The van der Waals surface area contributed by atoms with Crippen LogP contribution >= 0.6 is 11.3 Å². The first-order chi connectivity index (χ1) is 20.6. The third kappa shape index (κ3) is 5.99. The van der Waals surface area contributed by atoms with Crippen LogP contribution in [-0.2, 0) is 16.0 Å². The molecule has 3 aromatic rings. The second-order valence-electron chi connectivity index (χ2n) is 11.6. The van der Waals surface area contributed by atoms with Gasteiger partial charge in [0, 0.05) is 58.0 Å². The average Bonchev–Trinajstić information content (AvgIpc) is 3.35. The molecule has 10 heteroatoms. The van der Waals surface area contributed by atoms with Crippen molar-refractivity contribution in [2.24, 2.45) is 17.8 Å². The van der Waals surface area contributed by atoms with Crippen LogP contribution in [0.4, 0.5) is 26.2 Å². The molecule has 0 spiro atoms. The van der Waals surface area contributed by atoms with E-state index in [0.29, 0.717) is 67.0 Å². The van der Waals surface area contributed by atoms with Crippen LogP contribution in [0.5, 0.6) is 5.06 Å². The third-order valence-electron chi connectivity index (χ3n) is 9.06. The number of ether oxygens (including phenoxy) is 3. The number of thiophene rings is 1. The predicted molar refractivity (Wildman–Crippen MR) is 162 cm³/mol. The zero-order valence-electron chi connectivity index (χ0n) is 23.7. The number of hydrogen-bond acceptors (Lipinski definition) is 8. The molecule has 1 aliphatic carbocycles. The lowest BCUT2D eigenvalue weighted by Gasteiger charge is -2.30. The Balaban J connectivity index is 0.991. The molecular formula is C32H37FN4O4S. The number of piperidine rings is 1. The van der Waals surface area contributed by atoms with E-state index in [1.807, 2.05) is 22.4 Å². The first-order valence-corrected chi connectivity index (χ1v) is 15.8. The highest BCUT2D eigenvalue weighted by Gasteiger charge is 2.56. The summed E-state index contributed by atoms with van der Waals surface area (Å²) in [5.41, 5.74) is 3.66. The normalized spacial score (nSPS) is 24.0. The number of benzene rings is 2. The molecule has 1 saturated carbocycles. The molecule has 0 radical (unpaired) electrons. The van der Waals surface area contributed by atoms with E-state index in [-0.39, 0.29) is 5.82 Å². The molecule has 7 rings (SSSR count). The molecule has 42 heavy (non-hydrogen) atoms. The zero-order chi connectivity index (χ0) is 28.5. The fourth-order valence-corrected chi connectivity index (χ4v) is 7.28. The van der Waals surface area contributed by atoms with Gasteiger partial charge in [-0.25, -0.2) is 9.18 Å². The summed E-state index contributed by atoms with van der Waals surface area (Å²) in [5.74, 6) is 1.12. The smallest absolute Gasteiger partial charge is 0.399 e. The molecule has 2 unspecified atom stereocenters. The van der Waals surface area contributed by atoms with Crippen LogP contribution in [0.15, 0.2) is 60.0 Å². The van der Waals surface area contributed by atoms with Gasteiger partial charge in [0.15, 0.2) is 5.06 Å². The Bertz CT molecular complexity index is 1350. The topological polar surface area (TPSA) is 57.7 Å². The van der Waals surface area contributed by atoms with Crippen LogP contribution in [-0.4, -0.2) is 83.2 Å². The van der Waals surface area contributed by atoms with Crippen LogP contribution in [0, 0.1) is 23.6 Å². The Morgan fingerprint density at radius 3 is 2.26 bits per heavy atom. The SMILES string of the molecule is O=C(Oc1cccs1)N(CC1C2CN(Cc3ccc(N4CCOCC4)cc3)CC21)c1ccc(N2CCOCC2)c(F)c1. The first-order valence-electron chi connectivity index (χ1n) is 14.9. The largest absolute Gasteiger partial charge is 0.420 e. The summed E-state index contributed by atoms with van der Waals surface area (Å²) in [6.07, 6.45) is -0.460. The van der Waals surface area contributed by atoms with E-state index in [0.717, 1.165) is 45.9 Å². The number of carbonyl (C=O) groups is 1. The lowest BCUT2D eigenvalue weighted by Crippen LogP contribution is -2.38. The summed E-state index contributed by atoms with van der Waals surface area (Å²) in [5, 5.41) is 2.41. The second kappa shape index (κ2) is 12.2. The van der Waals surface area contributed by atoms with Gasteiger partial charge in [-0.3, -0.25) is 9.80 Å². The number of hydrogen-bond donors (Lipinski definition) is 0. The van der Waals surface area contributed by atoms with Crippen molar-refractivity contribution in [1.82, 2.24) is 4.90 Å². The van der Waals surface area contributed by atoms with Crippen molar-refractivity contribution in [2.75, 3.05) is 86.9 Å².